The molecule has 2 amide bonds. The smallest absolute Gasteiger partial charge is 0.316 e. The zero-order chi connectivity index (χ0) is 18.4. The van der Waals surface area contributed by atoms with Crippen LogP contribution < -0.4 is 15.8 Å². The van der Waals surface area contributed by atoms with Crippen molar-refractivity contribution >= 4 is 27.4 Å². The van der Waals surface area contributed by atoms with Crippen molar-refractivity contribution in [3.8, 4) is 0 Å². The number of hydrogen-bond donors (Lipinski definition) is 3. The fourth-order valence-electron chi connectivity index (χ4n) is 2.31. The lowest BCUT2D eigenvalue weighted by Gasteiger charge is -2.11. The summed E-state index contributed by atoms with van der Waals surface area (Å²) >= 11 is 0. The second-order valence-corrected chi connectivity index (χ2v) is 7.93. The Hall–Kier alpha value is -2.54. The Labute approximate surface area is 148 Å². The average Bonchev–Trinajstić information content (AvgIpc) is 2.52. The van der Waals surface area contributed by atoms with Gasteiger partial charge in [-0.2, -0.15) is 0 Å². The van der Waals surface area contributed by atoms with E-state index in [1.807, 2.05) is 12.1 Å². The molecule has 0 unspecified atom stereocenters. The summed E-state index contributed by atoms with van der Waals surface area (Å²) < 4.78 is 27.5. The summed E-state index contributed by atoms with van der Waals surface area (Å²) in [6.07, 6.45) is 1.98. The van der Waals surface area contributed by atoms with Gasteiger partial charge in [0, 0.05) is 5.69 Å². The molecule has 0 aliphatic rings. The second-order valence-electron chi connectivity index (χ2n) is 6.25. The Kier molecular flexibility index (Phi) is 6.03. The Morgan fingerprint density at radius 3 is 2.32 bits per heavy atom. The lowest BCUT2D eigenvalue weighted by atomic mass is 10.0. The van der Waals surface area contributed by atoms with Gasteiger partial charge in [-0.25, -0.2) is 13.2 Å². The summed E-state index contributed by atoms with van der Waals surface area (Å²) in [6, 6.07) is 12.5. The highest BCUT2D eigenvalue weighted by molar-refractivity contribution is 7.92. The molecular weight excluding hydrogens is 338 g/mol. The van der Waals surface area contributed by atoms with Crippen LogP contribution in [0.3, 0.4) is 0 Å². The zero-order valence-corrected chi connectivity index (χ0v) is 15.1. The topological polar surface area (TPSA) is 101 Å². The predicted octanol–water partition coefficient (Wildman–Crippen LogP) is 3.57. The van der Waals surface area contributed by atoms with E-state index < -0.39 is 16.1 Å². The van der Waals surface area contributed by atoms with Gasteiger partial charge < -0.3 is 11.1 Å². The minimum atomic E-state index is -3.70. The second kappa shape index (κ2) is 8.02. The molecule has 0 heterocycles. The molecule has 0 saturated heterocycles. The number of carbonyl (C=O) groups excluding carboxylic acids is 1. The number of hydrogen-bond acceptors (Lipinski definition) is 3. The summed E-state index contributed by atoms with van der Waals surface area (Å²) in [6.45, 7) is 4.31. The molecule has 2 aromatic rings. The molecule has 7 heteroatoms. The molecule has 134 valence electrons. The molecule has 0 aromatic heterocycles. The summed E-state index contributed by atoms with van der Waals surface area (Å²) in [4.78, 5) is 11.1. The van der Waals surface area contributed by atoms with Crippen LogP contribution in [0, 0.1) is 5.92 Å². The third-order valence-electron chi connectivity index (χ3n) is 3.63. The maximum atomic E-state index is 12.5. The monoisotopic (exact) mass is 361 g/mol. The molecule has 25 heavy (non-hydrogen) atoms. The standard InChI is InChI=1S/C18H23N3O3S/c1-13(2)6-7-14-8-10-17(11-9-14)25(23,24)21-16-5-3-4-15(12-16)20-18(19)22/h3-5,8-13,21H,6-7H2,1-2H3,(H3,19,20,22). The van der Waals surface area contributed by atoms with Crippen LogP contribution in [-0.2, 0) is 16.4 Å². The molecule has 0 radical (unpaired) electrons. The van der Waals surface area contributed by atoms with Crippen LogP contribution in [0.25, 0.3) is 0 Å². The molecule has 0 bridgehead atoms. The normalized spacial score (nSPS) is 11.3. The molecule has 0 aliphatic carbocycles. The fraction of sp³-hybridized carbons (Fsp3) is 0.278. The van der Waals surface area contributed by atoms with Crippen LogP contribution in [0.1, 0.15) is 25.8 Å². The van der Waals surface area contributed by atoms with Crippen molar-refractivity contribution in [2.75, 3.05) is 10.0 Å². The van der Waals surface area contributed by atoms with Gasteiger partial charge in [0.1, 0.15) is 0 Å². The van der Waals surface area contributed by atoms with E-state index in [0.29, 0.717) is 17.3 Å². The number of urea groups is 1. The van der Waals surface area contributed by atoms with Crippen LogP contribution in [0.5, 0.6) is 0 Å². The number of benzene rings is 2. The van der Waals surface area contributed by atoms with E-state index >= 15 is 0 Å². The Morgan fingerprint density at radius 2 is 1.72 bits per heavy atom. The third kappa shape index (κ3) is 5.79. The van der Waals surface area contributed by atoms with E-state index in [9.17, 15) is 13.2 Å². The van der Waals surface area contributed by atoms with Crippen molar-refractivity contribution < 1.29 is 13.2 Å². The van der Waals surface area contributed by atoms with Crippen LogP contribution in [0.15, 0.2) is 53.4 Å². The van der Waals surface area contributed by atoms with E-state index in [1.165, 1.54) is 6.07 Å². The van der Waals surface area contributed by atoms with E-state index in [2.05, 4.69) is 23.9 Å². The summed E-state index contributed by atoms with van der Waals surface area (Å²) in [5, 5.41) is 2.41. The SMILES string of the molecule is CC(C)CCc1ccc(S(=O)(=O)Nc2cccc(NC(N)=O)c2)cc1. The number of nitrogens with two attached hydrogens (primary N) is 1. The van der Waals surface area contributed by atoms with Gasteiger partial charge in [0.2, 0.25) is 0 Å². The van der Waals surface area contributed by atoms with E-state index in [0.717, 1.165) is 18.4 Å². The van der Waals surface area contributed by atoms with Gasteiger partial charge in [0.25, 0.3) is 10.0 Å². The minimum absolute atomic E-state index is 0.189. The van der Waals surface area contributed by atoms with Gasteiger partial charge in [-0.3, -0.25) is 4.72 Å². The van der Waals surface area contributed by atoms with Crippen molar-refractivity contribution in [3.63, 3.8) is 0 Å². The molecular formula is C18H23N3O3S. The average molecular weight is 361 g/mol. The van der Waals surface area contributed by atoms with Crippen molar-refractivity contribution in [2.24, 2.45) is 11.7 Å². The van der Waals surface area contributed by atoms with Gasteiger partial charge in [0.15, 0.2) is 0 Å². The van der Waals surface area contributed by atoms with Crippen LogP contribution in [0.2, 0.25) is 0 Å². The molecule has 2 rings (SSSR count). The third-order valence-corrected chi connectivity index (χ3v) is 5.02. The highest BCUT2D eigenvalue weighted by atomic mass is 32.2. The lowest BCUT2D eigenvalue weighted by Crippen LogP contribution is -2.19. The maximum Gasteiger partial charge on any atom is 0.316 e. The molecule has 6 nitrogen and oxygen atoms in total. The maximum absolute atomic E-state index is 12.5. The molecule has 2 aromatic carbocycles. The van der Waals surface area contributed by atoms with Crippen LogP contribution in [0.4, 0.5) is 16.2 Å². The van der Waals surface area contributed by atoms with Gasteiger partial charge in [0.05, 0.1) is 10.6 Å². The predicted molar refractivity (Wildman–Crippen MR) is 100 cm³/mol. The number of carbonyl (C=O) groups is 1. The first kappa shape index (κ1) is 18.8. The fourth-order valence-corrected chi connectivity index (χ4v) is 3.36. The van der Waals surface area contributed by atoms with Crippen LogP contribution in [-0.4, -0.2) is 14.4 Å². The Morgan fingerprint density at radius 1 is 1.08 bits per heavy atom. The quantitative estimate of drug-likeness (QED) is 0.702. The molecule has 0 saturated carbocycles. The van der Waals surface area contributed by atoms with E-state index in [-0.39, 0.29) is 4.90 Å². The summed E-state index contributed by atoms with van der Waals surface area (Å²) in [5.74, 6) is 0.603. The first-order chi connectivity index (χ1) is 11.8. The van der Waals surface area contributed by atoms with E-state index in [1.54, 1.807) is 30.3 Å². The highest BCUT2D eigenvalue weighted by Gasteiger charge is 2.14. The largest absolute Gasteiger partial charge is 0.351 e. The van der Waals surface area contributed by atoms with Gasteiger partial charge >= 0.3 is 6.03 Å². The summed E-state index contributed by atoms with van der Waals surface area (Å²) in [7, 11) is -3.70. The molecule has 0 aliphatic heterocycles. The van der Waals surface area contributed by atoms with Crippen molar-refractivity contribution in [1.29, 1.82) is 0 Å². The van der Waals surface area contributed by atoms with Crippen molar-refractivity contribution in [3.05, 3.63) is 54.1 Å². The lowest BCUT2D eigenvalue weighted by molar-refractivity contribution is 0.259. The molecule has 0 fully saturated rings. The van der Waals surface area contributed by atoms with Crippen molar-refractivity contribution in [1.82, 2.24) is 0 Å². The number of aryl methyl sites for hydroxylation is 1. The highest BCUT2D eigenvalue weighted by Crippen LogP contribution is 2.20. The Bertz CT molecular complexity index is 831. The van der Waals surface area contributed by atoms with E-state index in [4.69, 9.17) is 5.73 Å². The molecule has 4 N–H and O–H groups in total. The number of amides is 2. The van der Waals surface area contributed by atoms with Crippen molar-refractivity contribution in [2.45, 2.75) is 31.6 Å². The number of primary amides is 1. The number of anilines is 2. The van der Waals surface area contributed by atoms with Gasteiger partial charge in [-0.15, -0.1) is 0 Å². The summed E-state index contributed by atoms with van der Waals surface area (Å²) in [5.41, 5.74) is 6.93. The minimum Gasteiger partial charge on any atom is -0.351 e. The molecule has 0 spiro atoms. The number of nitrogens with one attached hydrogen (secondary N) is 2. The van der Waals surface area contributed by atoms with Gasteiger partial charge in [-0.05, 0) is 54.7 Å². The van der Waals surface area contributed by atoms with Gasteiger partial charge in [-0.1, -0.05) is 32.0 Å². The first-order valence-corrected chi connectivity index (χ1v) is 9.53. The molecule has 0 atom stereocenters. The number of rotatable bonds is 7. The Balaban J connectivity index is 2.12. The number of sulfonamides is 1. The first-order valence-electron chi connectivity index (χ1n) is 8.04. The van der Waals surface area contributed by atoms with Crippen LogP contribution >= 0.6 is 0 Å². The zero-order valence-electron chi connectivity index (χ0n) is 14.3.